The Bertz CT molecular complexity index is 505. The highest BCUT2D eigenvalue weighted by Crippen LogP contribution is 2.26. The van der Waals surface area contributed by atoms with Gasteiger partial charge in [0, 0.05) is 12.6 Å². The van der Waals surface area contributed by atoms with Crippen LogP contribution in [0, 0.1) is 0 Å². The third-order valence-electron chi connectivity index (χ3n) is 3.47. The van der Waals surface area contributed by atoms with Crippen molar-refractivity contribution in [3.8, 4) is 0 Å². The smallest absolute Gasteiger partial charge is 0.410 e. The van der Waals surface area contributed by atoms with Crippen molar-refractivity contribution in [1.82, 2.24) is 4.90 Å². The number of rotatable bonds is 1. The average molecular weight is 277 g/mol. The molecular formula is C16H23NO3. The van der Waals surface area contributed by atoms with Gasteiger partial charge in [0.25, 0.3) is 0 Å². The Morgan fingerprint density at radius 3 is 2.70 bits per heavy atom. The zero-order valence-electron chi connectivity index (χ0n) is 12.6. The Kier molecular flexibility index (Phi) is 4.04. The van der Waals surface area contributed by atoms with E-state index in [0.717, 1.165) is 17.5 Å². The van der Waals surface area contributed by atoms with Crippen molar-refractivity contribution in [2.75, 3.05) is 0 Å². The van der Waals surface area contributed by atoms with Gasteiger partial charge in [0.05, 0.1) is 6.61 Å². The Morgan fingerprint density at radius 2 is 2.10 bits per heavy atom. The second-order valence-corrected chi connectivity index (χ2v) is 6.42. The third kappa shape index (κ3) is 3.31. The minimum absolute atomic E-state index is 0.0530. The molecule has 110 valence electrons. The number of aliphatic hydroxyl groups excluding tert-OH is 1. The molecule has 1 heterocycles. The molecule has 1 unspecified atom stereocenters. The molecule has 0 bridgehead atoms. The van der Waals surface area contributed by atoms with Crippen LogP contribution < -0.4 is 0 Å². The van der Waals surface area contributed by atoms with Crippen molar-refractivity contribution < 1.29 is 14.6 Å². The minimum atomic E-state index is -0.474. The van der Waals surface area contributed by atoms with E-state index in [9.17, 15) is 9.90 Å². The number of hydrogen-bond acceptors (Lipinski definition) is 3. The number of nitrogens with zero attached hydrogens (tertiary/aromatic N) is 1. The predicted molar refractivity (Wildman–Crippen MR) is 77.3 cm³/mol. The van der Waals surface area contributed by atoms with E-state index in [4.69, 9.17) is 4.74 Å². The number of fused-ring (bicyclic) bond motifs is 1. The summed E-state index contributed by atoms with van der Waals surface area (Å²) < 4.78 is 5.45. The summed E-state index contributed by atoms with van der Waals surface area (Å²) in [7, 11) is 0. The molecule has 0 saturated carbocycles. The van der Waals surface area contributed by atoms with E-state index in [1.807, 2.05) is 45.9 Å². The quantitative estimate of drug-likeness (QED) is 0.858. The van der Waals surface area contributed by atoms with E-state index >= 15 is 0 Å². The maximum atomic E-state index is 12.2. The van der Waals surface area contributed by atoms with Gasteiger partial charge in [-0.05, 0) is 50.8 Å². The van der Waals surface area contributed by atoms with Crippen LogP contribution in [-0.4, -0.2) is 27.7 Å². The highest BCUT2D eigenvalue weighted by molar-refractivity contribution is 5.69. The van der Waals surface area contributed by atoms with E-state index in [0.29, 0.717) is 6.54 Å². The van der Waals surface area contributed by atoms with Gasteiger partial charge in [-0.15, -0.1) is 0 Å². The molecule has 1 aromatic rings. The van der Waals surface area contributed by atoms with Crippen molar-refractivity contribution in [1.29, 1.82) is 0 Å². The summed E-state index contributed by atoms with van der Waals surface area (Å²) >= 11 is 0. The fourth-order valence-electron chi connectivity index (χ4n) is 2.45. The van der Waals surface area contributed by atoms with Crippen LogP contribution in [-0.2, 0) is 24.3 Å². The molecule has 4 nitrogen and oxygen atoms in total. The first kappa shape index (κ1) is 14.9. The molecule has 2 rings (SSSR count). The zero-order valence-corrected chi connectivity index (χ0v) is 12.6. The summed E-state index contributed by atoms with van der Waals surface area (Å²) in [6.45, 7) is 8.27. The van der Waals surface area contributed by atoms with E-state index < -0.39 is 5.60 Å². The van der Waals surface area contributed by atoms with Crippen LogP contribution in [0.25, 0.3) is 0 Å². The lowest BCUT2D eigenvalue weighted by Crippen LogP contribution is -2.45. The van der Waals surface area contributed by atoms with E-state index in [1.165, 1.54) is 5.56 Å². The van der Waals surface area contributed by atoms with Crippen molar-refractivity contribution in [2.45, 2.75) is 58.9 Å². The molecule has 0 aliphatic carbocycles. The average Bonchev–Trinajstić information content (AvgIpc) is 2.35. The number of ether oxygens (including phenoxy) is 1. The van der Waals surface area contributed by atoms with Crippen LogP contribution in [0.1, 0.15) is 44.4 Å². The minimum Gasteiger partial charge on any atom is -0.444 e. The lowest BCUT2D eigenvalue weighted by atomic mass is 9.93. The summed E-state index contributed by atoms with van der Waals surface area (Å²) in [6.07, 6.45) is 0.532. The van der Waals surface area contributed by atoms with Crippen LogP contribution in [0.4, 0.5) is 4.79 Å². The summed E-state index contributed by atoms with van der Waals surface area (Å²) in [5.74, 6) is 0. The van der Waals surface area contributed by atoms with E-state index in [2.05, 4.69) is 0 Å². The van der Waals surface area contributed by atoms with Crippen LogP contribution in [0.5, 0.6) is 0 Å². The normalized spacial score (nSPS) is 18.6. The predicted octanol–water partition coefficient (Wildman–Crippen LogP) is 2.86. The SMILES string of the molecule is CC1Cc2cc(CO)ccc2CN1C(=O)OC(C)(C)C. The largest absolute Gasteiger partial charge is 0.444 e. The Morgan fingerprint density at radius 1 is 1.40 bits per heavy atom. The van der Waals surface area contributed by atoms with Gasteiger partial charge in [-0.3, -0.25) is 0 Å². The molecule has 0 radical (unpaired) electrons. The molecule has 1 atom stereocenters. The first-order chi connectivity index (χ1) is 9.30. The molecule has 20 heavy (non-hydrogen) atoms. The molecular weight excluding hydrogens is 254 g/mol. The molecule has 1 aliphatic heterocycles. The number of amides is 1. The number of benzene rings is 1. The highest BCUT2D eigenvalue weighted by atomic mass is 16.6. The maximum Gasteiger partial charge on any atom is 0.410 e. The Hall–Kier alpha value is -1.55. The fraction of sp³-hybridized carbons (Fsp3) is 0.562. The monoisotopic (exact) mass is 277 g/mol. The van der Waals surface area contributed by atoms with Crippen LogP contribution in [0.2, 0.25) is 0 Å². The van der Waals surface area contributed by atoms with E-state index in [-0.39, 0.29) is 18.7 Å². The van der Waals surface area contributed by atoms with Gasteiger partial charge < -0.3 is 14.7 Å². The molecule has 0 aromatic heterocycles. The number of carbonyl (C=O) groups is 1. The lowest BCUT2D eigenvalue weighted by Gasteiger charge is -2.36. The molecule has 1 amide bonds. The van der Waals surface area contributed by atoms with Gasteiger partial charge in [-0.25, -0.2) is 4.79 Å². The van der Waals surface area contributed by atoms with E-state index in [1.54, 1.807) is 4.90 Å². The first-order valence-electron chi connectivity index (χ1n) is 7.01. The number of carbonyl (C=O) groups excluding carboxylic acids is 1. The van der Waals surface area contributed by atoms with Crippen molar-refractivity contribution >= 4 is 6.09 Å². The zero-order chi connectivity index (χ0) is 14.9. The second kappa shape index (κ2) is 5.44. The molecule has 1 N–H and O–H groups in total. The van der Waals surface area contributed by atoms with Crippen molar-refractivity contribution in [2.24, 2.45) is 0 Å². The molecule has 0 saturated heterocycles. The molecule has 0 spiro atoms. The fourth-order valence-corrected chi connectivity index (χ4v) is 2.45. The molecule has 1 aliphatic rings. The first-order valence-corrected chi connectivity index (χ1v) is 7.01. The maximum absolute atomic E-state index is 12.2. The second-order valence-electron chi connectivity index (χ2n) is 6.42. The van der Waals surface area contributed by atoms with Gasteiger partial charge in [0.1, 0.15) is 5.60 Å². The van der Waals surface area contributed by atoms with Gasteiger partial charge in [-0.2, -0.15) is 0 Å². The molecule has 1 aromatic carbocycles. The summed E-state index contributed by atoms with van der Waals surface area (Å²) in [4.78, 5) is 14.0. The van der Waals surface area contributed by atoms with Crippen molar-refractivity contribution in [3.63, 3.8) is 0 Å². The summed E-state index contributed by atoms with van der Waals surface area (Å²) in [6, 6.07) is 6.02. The Balaban J connectivity index is 2.17. The third-order valence-corrected chi connectivity index (χ3v) is 3.47. The highest BCUT2D eigenvalue weighted by Gasteiger charge is 2.30. The van der Waals surface area contributed by atoms with Crippen molar-refractivity contribution in [3.05, 3.63) is 34.9 Å². The Labute approximate surface area is 120 Å². The molecule has 4 heteroatoms. The topological polar surface area (TPSA) is 49.8 Å². The number of hydrogen-bond donors (Lipinski definition) is 1. The van der Waals surface area contributed by atoms with Crippen LogP contribution in [0.15, 0.2) is 18.2 Å². The van der Waals surface area contributed by atoms with Crippen LogP contribution >= 0.6 is 0 Å². The molecule has 0 fully saturated rings. The lowest BCUT2D eigenvalue weighted by molar-refractivity contribution is 0.0138. The van der Waals surface area contributed by atoms with Gasteiger partial charge >= 0.3 is 6.09 Å². The van der Waals surface area contributed by atoms with Gasteiger partial charge in [-0.1, -0.05) is 18.2 Å². The standard InChI is InChI=1S/C16H23NO3/c1-11-7-14-8-12(10-18)5-6-13(14)9-17(11)15(19)20-16(2,3)4/h5-6,8,11,18H,7,9-10H2,1-4H3. The number of aliphatic hydroxyl groups is 1. The summed E-state index contributed by atoms with van der Waals surface area (Å²) in [5, 5.41) is 9.19. The summed E-state index contributed by atoms with van der Waals surface area (Å²) in [5.41, 5.74) is 2.79. The van der Waals surface area contributed by atoms with Gasteiger partial charge in [0.2, 0.25) is 0 Å². The van der Waals surface area contributed by atoms with Gasteiger partial charge in [0.15, 0.2) is 0 Å². The van der Waals surface area contributed by atoms with Crippen LogP contribution in [0.3, 0.4) is 0 Å².